The molecule has 0 atom stereocenters. The van der Waals surface area contributed by atoms with Crippen molar-refractivity contribution in [3.8, 4) is 0 Å². The fraction of sp³-hybridized carbons (Fsp3) is 0.556. The van der Waals surface area contributed by atoms with E-state index in [-0.39, 0.29) is 0 Å². The Bertz CT molecular complexity index is 126. The molecule has 9 heavy (non-hydrogen) atoms. The molecule has 0 N–H and O–H groups in total. The van der Waals surface area contributed by atoms with Crippen LogP contribution >= 0.6 is 0 Å². The maximum atomic E-state index is 3.95. The van der Waals surface area contributed by atoms with Gasteiger partial charge in [0.25, 0.3) is 0 Å². The summed E-state index contributed by atoms with van der Waals surface area (Å²) in [5.41, 5.74) is 2.72. The molecule has 0 nitrogen and oxygen atoms in total. The molecule has 0 bridgehead atoms. The van der Waals surface area contributed by atoms with Crippen LogP contribution in [0.3, 0.4) is 0 Å². The van der Waals surface area contributed by atoms with Gasteiger partial charge in [-0.15, -0.1) is 0 Å². The van der Waals surface area contributed by atoms with Crippen LogP contribution in [0.4, 0.5) is 0 Å². The molecule has 0 saturated heterocycles. The summed E-state index contributed by atoms with van der Waals surface area (Å²) in [7, 11) is 0. The van der Waals surface area contributed by atoms with Gasteiger partial charge in [0.1, 0.15) is 0 Å². The predicted molar refractivity (Wildman–Crippen MR) is 41.3 cm³/mol. The number of hydrogen-bond acceptors (Lipinski definition) is 0. The molecule has 0 unspecified atom stereocenters. The summed E-state index contributed by atoms with van der Waals surface area (Å²) in [5, 5.41) is 0. The van der Waals surface area contributed by atoms with E-state index in [2.05, 4.69) is 20.1 Å². The molecular weight excluding hydrogens is 108 g/mol. The third-order valence-electron chi connectivity index (χ3n) is 1.77. The van der Waals surface area contributed by atoms with Gasteiger partial charge in [0, 0.05) is 0 Å². The standard InChI is InChI=1S/C9H14/c1-7-4-8(2)6-9(3)5-7/h9H,1-2,4-6H2,3H3. The highest BCUT2D eigenvalue weighted by Gasteiger charge is 2.12. The average molecular weight is 122 g/mol. The van der Waals surface area contributed by atoms with E-state index in [1.807, 2.05) is 0 Å². The third kappa shape index (κ3) is 1.70. The Kier molecular flexibility index (Phi) is 1.75. The molecule has 0 heterocycles. The van der Waals surface area contributed by atoms with E-state index in [1.54, 1.807) is 0 Å². The zero-order chi connectivity index (χ0) is 6.85. The van der Waals surface area contributed by atoms with Gasteiger partial charge in [-0.2, -0.15) is 0 Å². The molecule has 0 radical (unpaired) electrons. The number of rotatable bonds is 0. The summed E-state index contributed by atoms with van der Waals surface area (Å²) in [6.07, 6.45) is 3.49. The van der Waals surface area contributed by atoms with Crippen molar-refractivity contribution in [2.24, 2.45) is 5.92 Å². The topological polar surface area (TPSA) is 0 Å². The Morgan fingerprint density at radius 3 is 2.00 bits per heavy atom. The SMILES string of the molecule is C=C1CC(=C)CC(C)C1. The van der Waals surface area contributed by atoms with Gasteiger partial charge in [0.2, 0.25) is 0 Å². The largest absolute Gasteiger partial charge is 0.0995 e. The van der Waals surface area contributed by atoms with E-state index in [0.29, 0.717) is 0 Å². The highest BCUT2D eigenvalue weighted by atomic mass is 14.2. The fourth-order valence-corrected chi connectivity index (χ4v) is 1.56. The molecule has 1 aliphatic carbocycles. The van der Waals surface area contributed by atoms with Crippen LogP contribution in [0.25, 0.3) is 0 Å². The van der Waals surface area contributed by atoms with Gasteiger partial charge < -0.3 is 0 Å². The highest BCUT2D eigenvalue weighted by molar-refractivity contribution is 5.15. The van der Waals surface area contributed by atoms with Crippen molar-refractivity contribution in [2.75, 3.05) is 0 Å². The zero-order valence-corrected chi connectivity index (χ0v) is 6.11. The molecule has 1 rings (SSSR count). The Morgan fingerprint density at radius 2 is 1.67 bits per heavy atom. The van der Waals surface area contributed by atoms with Crippen molar-refractivity contribution >= 4 is 0 Å². The molecule has 1 fully saturated rings. The van der Waals surface area contributed by atoms with Gasteiger partial charge in [-0.3, -0.25) is 0 Å². The minimum absolute atomic E-state index is 0.791. The molecule has 0 aromatic carbocycles. The van der Waals surface area contributed by atoms with Gasteiger partial charge in [0.05, 0.1) is 0 Å². The summed E-state index contributed by atoms with van der Waals surface area (Å²) < 4.78 is 0. The van der Waals surface area contributed by atoms with Crippen LogP contribution in [0.1, 0.15) is 26.2 Å². The van der Waals surface area contributed by atoms with Crippen LogP contribution in [0, 0.1) is 5.92 Å². The highest BCUT2D eigenvalue weighted by Crippen LogP contribution is 2.29. The molecule has 0 spiro atoms. The molecule has 50 valence electrons. The maximum Gasteiger partial charge on any atom is -0.0114 e. The molecule has 0 aromatic rings. The van der Waals surface area contributed by atoms with Gasteiger partial charge in [-0.1, -0.05) is 31.2 Å². The quantitative estimate of drug-likeness (QED) is 0.433. The van der Waals surface area contributed by atoms with Crippen LogP contribution in [-0.2, 0) is 0 Å². The first kappa shape index (κ1) is 6.60. The second-order valence-electron chi connectivity index (χ2n) is 3.19. The lowest BCUT2D eigenvalue weighted by Crippen LogP contribution is -2.05. The maximum absolute atomic E-state index is 3.95. The lowest BCUT2D eigenvalue weighted by atomic mass is 9.85. The Balaban J connectivity index is 2.53. The first-order valence-corrected chi connectivity index (χ1v) is 3.52. The monoisotopic (exact) mass is 122 g/mol. The minimum atomic E-state index is 0.791. The van der Waals surface area contributed by atoms with Gasteiger partial charge in [-0.25, -0.2) is 0 Å². The zero-order valence-electron chi connectivity index (χ0n) is 6.11. The van der Waals surface area contributed by atoms with Crippen molar-refractivity contribution in [2.45, 2.75) is 26.2 Å². The summed E-state index contributed by atoms with van der Waals surface area (Å²) in [6, 6.07) is 0. The van der Waals surface area contributed by atoms with Crippen LogP contribution < -0.4 is 0 Å². The van der Waals surface area contributed by atoms with Crippen LogP contribution in [0.2, 0.25) is 0 Å². The minimum Gasteiger partial charge on any atom is -0.0995 e. The van der Waals surface area contributed by atoms with Crippen molar-refractivity contribution in [1.82, 2.24) is 0 Å². The van der Waals surface area contributed by atoms with E-state index in [1.165, 1.54) is 24.0 Å². The lowest BCUT2D eigenvalue weighted by molar-refractivity contribution is 0.526. The van der Waals surface area contributed by atoms with E-state index in [9.17, 15) is 0 Å². The summed E-state index contributed by atoms with van der Waals surface area (Å²) in [4.78, 5) is 0. The fourth-order valence-electron chi connectivity index (χ4n) is 1.56. The Labute approximate surface area is 57.3 Å². The summed E-state index contributed by atoms with van der Waals surface area (Å²) >= 11 is 0. The van der Waals surface area contributed by atoms with Gasteiger partial charge >= 0.3 is 0 Å². The molecule has 1 saturated carbocycles. The average Bonchev–Trinajstić information content (AvgIpc) is 1.59. The smallest absolute Gasteiger partial charge is 0.0114 e. The van der Waals surface area contributed by atoms with Crippen LogP contribution in [0.5, 0.6) is 0 Å². The molecule has 0 amide bonds. The number of hydrogen-bond donors (Lipinski definition) is 0. The molecule has 0 aliphatic heterocycles. The van der Waals surface area contributed by atoms with Gasteiger partial charge in [-0.05, 0) is 25.2 Å². The Hall–Kier alpha value is -0.520. The normalized spacial score (nSPS) is 22.8. The van der Waals surface area contributed by atoms with Gasteiger partial charge in [0.15, 0.2) is 0 Å². The Morgan fingerprint density at radius 1 is 1.22 bits per heavy atom. The first-order chi connectivity index (χ1) is 4.18. The summed E-state index contributed by atoms with van der Waals surface area (Å²) in [5.74, 6) is 0.791. The lowest BCUT2D eigenvalue weighted by Gasteiger charge is -2.21. The van der Waals surface area contributed by atoms with Crippen molar-refractivity contribution in [1.29, 1.82) is 0 Å². The van der Waals surface area contributed by atoms with E-state index >= 15 is 0 Å². The van der Waals surface area contributed by atoms with E-state index in [0.717, 1.165) is 12.3 Å². The number of allylic oxidation sites excluding steroid dienone is 2. The van der Waals surface area contributed by atoms with Crippen molar-refractivity contribution in [3.63, 3.8) is 0 Å². The molecule has 0 heteroatoms. The summed E-state index contributed by atoms with van der Waals surface area (Å²) in [6.45, 7) is 10.2. The van der Waals surface area contributed by atoms with E-state index in [4.69, 9.17) is 0 Å². The van der Waals surface area contributed by atoms with Crippen molar-refractivity contribution in [3.05, 3.63) is 24.3 Å². The second kappa shape index (κ2) is 2.38. The molecular formula is C9H14. The van der Waals surface area contributed by atoms with E-state index < -0.39 is 0 Å². The van der Waals surface area contributed by atoms with Crippen molar-refractivity contribution < 1.29 is 0 Å². The molecule has 1 aliphatic rings. The molecule has 0 aromatic heterocycles. The first-order valence-electron chi connectivity index (χ1n) is 3.52. The third-order valence-corrected chi connectivity index (χ3v) is 1.77. The van der Waals surface area contributed by atoms with Crippen LogP contribution in [0.15, 0.2) is 24.3 Å². The van der Waals surface area contributed by atoms with Crippen LogP contribution in [-0.4, -0.2) is 0 Å². The second-order valence-corrected chi connectivity index (χ2v) is 3.19. The predicted octanol–water partition coefficient (Wildman–Crippen LogP) is 2.92.